The van der Waals surface area contributed by atoms with Crippen molar-refractivity contribution >= 4 is 0 Å². The zero-order valence-electron chi connectivity index (χ0n) is 10.3. The van der Waals surface area contributed by atoms with E-state index in [0.29, 0.717) is 30.9 Å². The maximum atomic E-state index is 14.0. The maximum Gasteiger partial charge on any atom is 0.162 e. The van der Waals surface area contributed by atoms with Crippen LogP contribution in [0.4, 0.5) is 4.39 Å². The quantitative estimate of drug-likeness (QED) is 0.848. The Morgan fingerprint density at radius 2 is 2.16 bits per heavy atom. The van der Waals surface area contributed by atoms with E-state index in [1.165, 1.54) is 0 Å². The van der Waals surface area contributed by atoms with Gasteiger partial charge in [0, 0.05) is 19.3 Å². The van der Waals surface area contributed by atoms with E-state index < -0.39 is 6.17 Å². The van der Waals surface area contributed by atoms with Crippen LogP contribution < -0.4 is 0 Å². The number of alkyl halides is 1. The van der Waals surface area contributed by atoms with Crippen LogP contribution in [-0.2, 0) is 6.42 Å². The first kappa shape index (κ1) is 11.8. The second-order valence-corrected chi connectivity index (χ2v) is 4.62. The Morgan fingerprint density at radius 1 is 1.37 bits per heavy atom. The fourth-order valence-electron chi connectivity index (χ4n) is 2.45. The molecule has 96 valence electrons. The van der Waals surface area contributed by atoms with Crippen molar-refractivity contribution in [1.82, 2.24) is 14.8 Å². The van der Waals surface area contributed by atoms with Crippen LogP contribution in [0.3, 0.4) is 0 Å². The SMILES string of the molecule is N#CCCc1nc2n(n1)C(c1ccccc1)C[C@@H]2F. The molecule has 5 heteroatoms. The lowest BCUT2D eigenvalue weighted by Crippen LogP contribution is -2.07. The molecule has 0 aliphatic carbocycles. The summed E-state index contributed by atoms with van der Waals surface area (Å²) >= 11 is 0. The van der Waals surface area contributed by atoms with Gasteiger partial charge in [-0.25, -0.2) is 14.1 Å². The summed E-state index contributed by atoms with van der Waals surface area (Å²) in [6.07, 6.45) is 0.146. The van der Waals surface area contributed by atoms with Gasteiger partial charge in [-0.05, 0) is 5.56 Å². The number of rotatable bonds is 3. The van der Waals surface area contributed by atoms with Crippen LogP contribution in [0.25, 0.3) is 0 Å². The fraction of sp³-hybridized carbons (Fsp3) is 0.357. The number of fused-ring (bicyclic) bond motifs is 1. The smallest absolute Gasteiger partial charge is 0.162 e. The number of nitriles is 1. The third-order valence-corrected chi connectivity index (χ3v) is 3.35. The molecule has 0 bridgehead atoms. The first-order valence-electron chi connectivity index (χ1n) is 6.31. The molecule has 1 aromatic heterocycles. The van der Waals surface area contributed by atoms with Gasteiger partial charge < -0.3 is 0 Å². The van der Waals surface area contributed by atoms with Gasteiger partial charge in [0.1, 0.15) is 0 Å². The van der Waals surface area contributed by atoms with Crippen molar-refractivity contribution in [3.8, 4) is 6.07 Å². The third-order valence-electron chi connectivity index (χ3n) is 3.35. The van der Waals surface area contributed by atoms with Crippen LogP contribution in [0, 0.1) is 11.3 Å². The Balaban J connectivity index is 1.93. The molecule has 1 aliphatic rings. The van der Waals surface area contributed by atoms with Gasteiger partial charge in [-0.3, -0.25) is 0 Å². The van der Waals surface area contributed by atoms with Crippen molar-refractivity contribution in [1.29, 1.82) is 5.26 Å². The average molecular weight is 256 g/mol. The number of benzene rings is 1. The van der Waals surface area contributed by atoms with E-state index in [0.717, 1.165) is 5.56 Å². The van der Waals surface area contributed by atoms with Crippen LogP contribution in [0.5, 0.6) is 0 Å². The molecule has 0 saturated heterocycles. The molecule has 4 nitrogen and oxygen atoms in total. The highest BCUT2D eigenvalue weighted by Gasteiger charge is 2.35. The summed E-state index contributed by atoms with van der Waals surface area (Å²) in [5, 5.41) is 12.9. The topological polar surface area (TPSA) is 54.5 Å². The van der Waals surface area contributed by atoms with Gasteiger partial charge in [0.05, 0.1) is 12.1 Å². The predicted octanol–water partition coefficient (Wildman–Crippen LogP) is 2.74. The predicted molar refractivity (Wildman–Crippen MR) is 67.0 cm³/mol. The van der Waals surface area contributed by atoms with Crippen LogP contribution in [-0.4, -0.2) is 14.8 Å². The standard InChI is InChI=1S/C14H13FN4/c15-11-9-12(10-5-2-1-3-6-10)19-14(11)17-13(18-19)7-4-8-16/h1-3,5-6,11-12H,4,7,9H2/t11-,12?/m0/s1. The molecule has 0 fully saturated rings. The van der Waals surface area contributed by atoms with E-state index >= 15 is 0 Å². The van der Waals surface area contributed by atoms with E-state index in [-0.39, 0.29) is 6.04 Å². The molecule has 0 spiro atoms. The van der Waals surface area contributed by atoms with Gasteiger partial charge in [-0.1, -0.05) is 30.3 Å². The lowest BCUT2D eigenvalue weighted by Gasteiger charge is -2.11. The Labute approximate surface area is 110 Å². The highest BCUT2D eigenvalue weighted by Crippen LogP contribution is 2.39. The molecule has 2 atom stereocenters. The molecule has 0 radical (unpaired) electrons. The van der Waals surface area contributed by atoms with E-state index in [2.05, 4.69) is 16.2 Å². The maximum absolute atomic E-state index is 14.0. The summed E-state index contributed by atoms with van der Waals surface area (Å²) in [5.74, 6) is 0.946. The lowest BCUT2D eigenvalue weighted by atomic mass is 10.0. The van der Waals surface area contributed by atoms with E-state index in [1.54, 1.807) is 4.68 Å². The van der Waals surface area contributed by atoms with Gasteiger partial charge in [0.25, 0.3) is 0 Å². The summed E-state index contributed by atoms with van der Waals surface area (Å²) < 4.78 is 15.7. The van der Waals surface area contributed by atoms with Crippen molar-refractivity contribution < 1.29 is 4.39 Å². The summed E-state index contributed by atoms with van der Waals surface area (Å²) in [7, 11) is 0. The van der Waals surface area contributed by atoms with Crippen molar-refractivity contribution in [2.24, 2.45) is 0 Å². The normalized spacial score (nSPS) is 21.1. The minimum atomic E-state index is -1.08. The van der Waals surface area contributed by atoms with E-state index in [1.807, 2.05) is 30.3 Å². The number of hydrogen-bond acceptors (Lipinski definition) is 3. The molecular weight excluding hydrogens is 243 g/mol. The van der Waals surface area contributed by atoms with Gasteiger partial charge in [0.2, 0.25) is 0 Å². The second kappa shape index (κ2) is 4.81. The zero-order chi connectivity index (χ0) is 13.2. The van der Waals surface area contributed by atoms with Crippen LogP contribution in [0.15, 0.2) is 30.3 Å². The largest absolute Gasteiger partial charge is 0.239 e. The summed E-state index contributed by atoms with van der Waals surface area (Å²) in [6, 6.07) is 11.7. The van der Waals surface area contributed by atoms with Gasteiger partial charge in [-0.15, -0.1) is 0 Å². The van der Waals surface area contributed by atoms with Crippen molar-refractivity contribution in [2.75, 3.05) is 0 Å². The number of halogens is 1. The Kier molecular flexibility index (Phi) is 3.00. The zero-order valence-corrected chi connectivity index (χ0v) is 10.3. The molecule has 0 amide bonds. The molecule has 0 N–H and O–H groups in total. The first-order chi connectivity index (χ1) is 9.29. The lowest BCUT2D eigenvalue weighted by molar-refractivity contribution is 0.328. The molecule has 2 aromatic rings. The average Bonchev–Trinajstić information content (AvgIpc) is 2.98. The highest BCUT2D eigenvalue weighted by molar-refractivity contribution is 5.23. The van der Waals surface area contributed by atoms with Crippen LogP contribution in [0.1, 0.15) is 42.3 Å². The van der Waals surface area contributed by atoms with Crippen molar-refractivity contribution in [3.05, 3.63) is 47.5 Å². The van der Waals surface area contributed by atoms with Gasteiger partial charge in [-0.2, -0.15) is 10.4 Å². The monoisotopic (exact) mass is 256 g/mol. The van der Waals surface area contributed by atoms with E-state index in [9.17, 15) is 4.39 Å². The molecule has 1 aromatic carbocycles. The van der Waals surface area contributed by atoms with Gasteiger partial charge >= 0.3 is 0 Å². The number of aromatic nitrogens is 3. The molecule has 1 aliphatic heterocycles. The minimum Gasteiger partial charge on any atom is -0.239 e. The molecule has 0 saturated carbocycles. The highest BCUT2D eigenvalue weighted by atomic mass is 19.1. The minimum absolute atomic E-state index is 0.0884. The Bertz CT molecular complexity index is 614. The molecule has 3 rings (SSSR count). The third kappa shape index (κ3) is 2.10. The summed E-state index contributed by atoms with van der Waals surface area (Å²) in [4.78, 5) is 4.21. The molecule has 19 heavy (non-hydrogen) atoms. The molecule has 1 unspecified atom stereocenters. The first-order valence-corrected chi connectivity index (χ1v) is 6.31. The number of aryl methyl sites for hydroxylation is 1. The summed E-state index contributed by atoms with van der Waals surface area (Å²) in [6.45, 7) is 0. The summed E-state index contributed by atoms with van der Waals surface area (Å²) in [5.41, 5.74) is 1.04. The number of nitrogens with zero attached hydrogens (tertiary/aromatic N) is 4. The second-order valence-electron chi connectivity index (χ2n) is 4.62. The van der Waals surface area contributed by atoms with Crippen LogP contribution >= 0.6 is 0 Å². The van der Waals surface area contributed by atoms with Crippen LogP contribution in [0.2, 0.25) is 0 Å². The van der Waals surface area contributed by atoms with E-state index in [4.69, 9.17) is 5.26 Å². The Morgan fingerprint density at radius 3 is 2.89 bits per heavy atom. The van der Waals surface area contributed by atoms with Crippen molar-refractivity contribution in [2.45, 2.75) is 31.5 Å². The van der Waals surface area contributed by atoms with Crippen molar-refractivity contribution in [3.63, 3.8) is 0 Å². The number of hydrogen-bond donors (Lipinski definition) is 0. The molecule has 2 heterocycles. The van der Waals surface area contributed by atoms with Gasteiger partial charge in [0.15, 0.2) is 17.8 Å². The fourth-order valence-corrected chi connectivity index (χ4v) is 2.45. The molecular formula is C14H13FN4. The Hall–Kier alpha value is -2.22.